The van der Waals surface area contributed by atoms with Crippen LogP contribution in [0.3, 0.4) is 0 Å². The predicted octanol–water partition coefficient (Wildman–Crippen LogP) is 3.62. The molecule has 1 aliphatic heterocycles. The van der Waals surface area contributed by atoms with Crippen molar-refractivity contribution in [2.24, 2.45) is 17.6 Å². The SMILES string of the molecule is CC(C)C1CCC(N)(c2ccc3c(c2)CCO3)CC1. The van der Waals surface area contributed by atoms with Crippen molar-refractivity contribution < 1.29 is 4.74 Å². The summed E-state index contributed by atoms with van der Waals surface area (Å²) in [5.41, 5.74) is 9.25. The zero-order valence-corrected chi connectivity index (χ0v) is 12.1. The molecule has 1 aromatic rings. The number of ether oxygens (including phenoxy) is 1. The Morgan fingerprint density at radius 2 is 2.00 bits per heavy atom. The Kier molecular flexibility index (Phi) is 3.30. The third kappa shape index (κ3) is 2.38. The normalized spacial score (nSPS) is 30.2. The summed E-state index contributed by atoms with van der Waals surface area (Å²) >= 11 is 0. The first-order valence-electron chi connectivity index (χ1n) is 7.63. The number of benzene rings is 1. The number of fused-ring (bicyclic) bond motifs is 1. The molecule has 3 rings (SSSR count). The number of rotatable bonds is 2. The van der Waals surface area contributed by atoms with Crippen LogP contribution in [0.5, 0.6) is 5.75 Å². The molecule has 1 aromatic carbocycles. The monoisotopic (exact) mass is 259 g/mol. The lowest BCUT2D eigenvalue weighted by atomic mass is 9.70. The maximum absolute atomic E-state index is 6.70. The average Bonchev–Trinajstić information content (AvgIpc) is 2.86. The molecule has 104 valence electrons. The Morgan fingerprint density at radius 1 is 1.26 bits per heavy atom. The van der Waals surface area contributed by atoms with Crippen LogP contribution in [0.25, 0.3) is 0 Å². The van der Waals surface area contributed by atoms with Gasteiger partial charge in [-0.3, -0.25) is 0 Å². The lowest BCUT2D eigenvalue weighted by Crippen LogP contribution is -2.41. The Morgan fingerprint density at radius 3 is 2.68 bits per heavy atom. The van der Waals surface area contributed by atoms with E-state index < -0.39 is 0 Å². The van der Waals surface area contributed by atoms with Crippen LogP contribution in [0.4, 0.5) is 0 Å². The molecule has 2 aliphatic rings. The van der Waals surface area contributed by atoms with Crippen LogP contribution in [0, 0.1) is 11.8 Å². The van der Waals surface area contributed by atoms with E-state index >= 15 is 0 Å². The van der Waals surface area contributed by atoms with Gasteiger partial charge in [0.2, 0.25) is 0 Å². The molecule has 0 bridgehead atoms. The van der Waals surface area contributed by atoms with Gasteiger partial charge in [0, 0.05) is 12.0 Å². The lowest BCUT2D eigenvalue weighted by Gasteiger charge is -2.39. The molecule has 0 unspecified atom stereocenters. The minimum Gasteiger partial charge on any atom is -0.493 e. The van der Waals surface area contributed by atoms with Crippen molar-refractivity contribution in [1.29, 1.82) is 0 Å². The predicted molar refractivity (Wildman–Crippen MR) is 78.3 cm³/mol. The Hall–Kier alpha value is -1.02. The van der Waals surface area contributed by atoms with Gasteiger partial charge in [-0.05, 0) is 54.7 Å². The second kappa shape index (κ2) is 4.82. The molecule has 2 nitrogen and oxygen atoms in total. The molecule has 19 heavy (non-hydrogen) atoms. The minimum absolute atomic E-state index is 0.108. The van der Waals surface area contributed by atoms with Crippen molar-refractivity contribution >= 4 is 0 Å². The summed E-state index contributed by atoms with van der Waals surface area (Å²) < 4.78 is 5.58. The van der Waals surface area contributed by atoms with Crippen molar-refractivity contribution in [1.82, 2.24) is 0 Å². The third-order valence-electron chi connectivity index (χ3n) is 5.13. The molecule has 1 aliphatic carbocycles. The lowest BCUT2D eigenvalue weighted by molar-refractivity contribution is 0.196. The smallest absolute Gasteiger partial charge is 0.122 e. The summed E-state index contributed by atoms with van der Waals surface area (Å²) in [6.45, 7) is 5.49. The first-order chi connectivity index (χ1) is 9.08. The highest BCUT2D eigenvalue weighted by Gasteiger charge is 2.34. The molecule has 1 heterocycles. The summed E-state index contributed by atoms with van der Waals surface area (Å²) in [6.07, 6.45) is 5.81. The van der Waals surface area contributed by atoms with Crippen molar-refractivity contribution in [2.45, 2.75) is 51.5 Å². The van der Waals surface area contributed by atoms with Crippen molar-refractivity contribution in [3.05, 3.63) is 29.3 Å². The van der Waals surface area contributed by atoms with Crippen molar-refractivity contribution in [3.8, 4) is 5.75 Å². The van der Waals surface area contributed by atoms with Gasteiger partial charge in [-0.1, -0.05) is 26.0 Å². The van der Waals surface area contributed by atoms with Crippen molar-refractivity contribution in [2.75, 3.05) is 6.61 Å². The molecular formula is C17H25NO. The fourth-order valence-electron chi connectivity index (χ4n) is 3.61. The Labute approximate surface area is 116 Å². The van der Waals surface area contributed by atoms with Gasteiger partial charge in [-0.2, -0.15) is 0 Å². The average molecular weight is 259 g/mol. The maximum Gasteiger partial charge on any atom is 0.122 e. The number of nitrogens with two attached hydrogens (primary N) is 1. The van der Waals surface area contributed by atoms with Crippen LogP contribution in [0.15, 0.2) is 18.2 Å². The van der Waals surface area contributed by atoms with Gasteiger partial charge in [0.1, 0.15) is 5.75 Å². The fourth-order valence-corrected chi connectivity index (χ4v) is 3.61. The van der Waals surface area contributed by atoms with E-state index in [4.69, 9.17) is 10.5 Å². The topological polar surface area (TPSA) is 35.2 Å². The first-order valence-corrected chi connectivity index (χ1v) is 7.63. The van der Waals surface area contributed by atoms with E-state index in [2.05, 4.69) is 32.0 Å². The summed E-state index contributed by atoms with van der Waals surface area (Å²) in [5, 5.41) is 0. The van der Waals surface area contributed by atoms with E-state index in [1.54, 1.807) is 0 Å². The second-order valence-electron chi connectivity index (χ2n) is 6.66. The standard InChI is InChI=1S/C17H25NO/c1-12(2)13-5-8-17(18,9-6-13)15-3-4-16-14(11-15)7-10-19-16/h3-4,11-13H,5-10,18H2,1-2H3. The molecule has 0 amide bonds. The molecule has 0 saturated heterocycles. The van der Waals surface area contributed by atoms with Crippen LogP contribution in [-0.2, 0) is 12.0 Å². The highest BCUT2D eigenvalue weighted by molar-refractivity contribution is 5.42. The molecule has 1 fully saturated rings. The van der Waals surface area contributed by atoms with E-state index in [0.29, 0.717) is 0 Å². The maximum atomic E-state index is 6.70. The third-order valence-corrected chi connectivity index (χ3v) is 5.13. The largest absolute Gasteiger partial charge is 0.493 e. The van der Waals surface area contributed by atoms with Gasteiger partial charge in [0.05, 0.1) is 6.61 Å². The molecule has 0 spiro atoms. The number of hydrogen-bond donors (Lipinski definition) is 1. The molecule has 2 N–H and O–H groups in total. The van der Waals surface area contributed by atoms with Crippen LogP contribution < -0.4 is 10.5 Å². The van der Waals surface area contributed by atoms with Gasteiger partial charge in [-0.25, -0.2) is 0 Å². The highest BCUT2D eigenvalue weighted by Crippen LogP contribution is 2.41. The van der Waals surface area contributed by atoms with E-state index in [1.165, 1.54) is 24.0 Å². The minimum atomic E-state index is -0.108. The molecule has 2 heteroatoms. The van der Waals surface area contributed by atoms with Crippen LogP contribution in [0.1, 0.15) is 50.7 Å². The second-order valence-corrected chi connectivity index (χ2v) is 6.66. The van der Waals surface area contributed by atoms with E-state index in [1.807, 2.05) is 0 Å². The van der Waals surface area contributed by atoms with Gasteiger partial charge >= 0.3 is 0 Å². The van der Waals surface area contributed by atoms with E-state index in [9.17, 15) is 0 Å². The van der Waals surface area contributed by atoms with Crippen LogP contribution >= 0.6 is 0 Å². The van der Waals surface area contributed by atoms with Gasteiger partial charge in [-0.15, -0.1) is 0 Å². The Bertz CT molecular complexity index is 458. The molecule has 0 aromatic heterocycles. The van der Waals surface area contributed by atoms with Gasteiger partial charge < -0.3 is 10.5 Å². The molecule has 0 atom stereocenters. The summed E-state index contributed by atoms with van der Waals surface area (Å²) in [5.74, 6) is 2.70. The zero-order valence-electron chi connectivity index (χ0n) is 12.1. The number of hydrogen-bond acceptors (Lipinski definition) is 2. The van der Waals surface area contributed by atoms with Gasteiger partial charge in [0.25, 0.3) is 0 Å². The summed E-state index contributed by atoms with van der Waals surface area (Å²) in [6, 6.07) is 6.58. The van der Waals surface area contributed by atoms with E-state index in [0.717, 1.165) is 43.5 Å². The molecular weight excluding hydrogens is 234 g/mol. The molecule has 0 radical (unpaired) electrons. The van der Waals surface area contributed by atoms with Crippen LogP contribution in [0.2, 0.25) is 0 Å². The van der Waals surface area contributed by atoms with Gasteiger partial charge in [0.15, 0.2) is 0 Å². The zero-order chi connectivity index (χ0) is 13.5. The first kappa shape index (κ1) is 13.0. The van der Waals surface area contributed by atoms with Crippen LogP contribution in [-0.4, -0.2) is 6.61 Å². The van der Waals surface area contributed by atoms with E-state index in [-0.39, 0.29) is 5.54 Å². The highest BCUT2D eigenvalue weighted by atomic mass is 16.5. The summed E-state index contributed by atoms with van der Waals surface area (Å²) in [7, 11) is 0. The molecule has 1 saturated carbocycles. The summed E-state index contributed by atoms with van der Waals surface area (Å²) in [4.78, 5) is 0. The fraction of sp³-hybridized carbons (Fsp3) is 0.647. The van der Waals surface area contributed by atoms with Crippen molar-refractivity contribution in [3.63, 3.8) is 0 Å². The Balaban J connectivity index is 1.78. The quantitative estimate of drug-likeness (QED) is 0.880.